The second-order valence-electron chi connectivity index (χ2n) is 6.16. The maximum atomic E-state index is 13.1. The van der Waals surface area contributed by atoms with Gasteiger partial charge in [0.15, 0.2) is 0 Å². The first kappa shape index (κ1) is 23.1. The summed E-state index contributed by atoms with van der Waals surface area (Å²) in [4.78, 5) is 27.1. The van der Waals surface area contributed by atoms with Gasteiger partial charge in [-0.25, -0.2) is 0 Å². The number of hydrogen-bond acceptors (Lipinski definition) is 3. The Hall–Kier alpha value is -2.19. The summed E-state index contributed by atoms with van der Waals surface area (Å²) in [5, 5.41) is 2.36. The molecule has 0 aliphatic carbocycles. The third kappa shape index (κ3) is 6.68. The largest absolute Gasteiger partial charge is 0.418 e. The van der Waals surface area contributed by atoms with Crippen LogP contribution in [-0.4, -0.2) is 35.1 Å². The van der Waals surface area contributed by atoms with Gasteiger partial charge in [0, 0.05) is 16.5 Å². The van der Waals surface area contributed by atoms with Crippen molar-refractivity contribution in [3.8, 4) is 0 Å². The summed E-state index contributed by atoms with van der Waals surface area (Å²) < 4.78 is 39.2. The van der Waals surface area contributed by atoms with Crippen molar-refractivity contribution in [2.75, 3.05) is 18.4 Å². The van der Waals surface area contributed by atoms with Gasteiger partial charge in [0.1, 0.15) is 0 Å². The fourth-order valence-corrected chi connectivity index (χ4v) is 3.65. The Labute approximate surface area is 176 Å². The Morgan fingerprint density at radius 2 is 1.76 bits per heavy atom. The Morgan fingerprint density at radius 3 is 2.34 bits per heavy atom. The van der Waals surface area contributed by atoms with E-state index in [9.17, 15) is 22.8 Å². The van der Waals surface area contributed by atoms with E-state index < -0.39 is 22.9 Å². The molecule has 4 nitrogen and oxygen atoms in total. The number of carbonyl (C=O) groups excluding carboxylic acids is 2. The van der Waals surface area contributed by atoms with E-state index in [2.05, 4.69) is 5.32 Å². The molecule has 156 valence electrons. The molecular weight excluding hydrogens is 425 g/mol. The highest BCUT2D eigenvalue weighted by atomic mass is 35.5. The van der Waals surface area contributed by atoms with Gasteiger partial charge in [-0.3, -0.25) is 9.59 Å². The van der Waals surface area contributed by atoms with E-state index in [0.717, 1.165) is 11.0 Å². The van der Waals surface area contributed by atoms with E-state index in [1.165, 1.54) is 34.9 Å². The molecule has 0 radical (unpaired) electrons. The summed E-state index contributed by atoms with van der Waals surface area (Å²) in [6, 6.07) is 11.7. The number of rotatable bonds is 7. The minimum Gasteiger partial charge on any atom is -0.333 e. The Kier molecular flexibility index (Phi) is 7.98. The van der Waals surface area contributed by atoms with Gasteiger partial charge in [0.25, 0.3) is 0 Å². The number of alkyl halides is 3. The zero-order valence-electron chi connectivity index (χ0n) is 15.8. The summed E-state index contributed by atoms with van der Waals surface area (Å²) >= 11 is 7.16. The first-order chi connectivity index (χ1) is 13.6. The van der Waals surface area contributed by atoms with Gasteiger partial charge in [-0.1, -0.05) is 23.7 Å². The molecule has 29 heavy (non-hydrogen) atoms. The Morgan fingerprint density at radius 1 is 1.14 bits per heavy atom. The van der Waals surface area contributed by atoms with Gasteiger partial charge in [0.2, 0.25) is 11.8 Å². The van der Waals surface area contributed by atoms with Crippen LogP contribution >= 0.6 is 23.4 Å². The van der Waals surface area contributed by atoms with E-state index in [0.29, 0.717) is 5.02 Å². The zero-order valence-corrected chi connectivity index (χ0v) is 17.4. The fraction of sp³-hybridized carbons (Fsp3) is 0.300. The van der Waals surface area contributed by atoms with E-state index in [4.69, 9.17) is 11.6 Å². The molecular formula is C20H20ClF3N2O2S. The van der Waals surface area contributed by atoms with Crippen molar-refractivity contribution in [1.82, 2.24) is 4.90 Å². The minimum atomic E-state index is -4.59. The normalized spacial score (nSPS) is 12.3. The predicted molar refractivity (Wildman–Crippen MR) is 109 cm³/mol. The highest BCUT2D eigenvalue weighted by Crippen LogP contribution is 2.34. The molecule has 1 atom stereocenters. The van der Waals surface area contributed by atoms with Crippen LogP contribution in [0.25, 0.3) is 0 Å². The number of thioether (sulfide) groups is 1. The van der Waals surface area contributed by atoms with Crippen LogP contribution in [0.15, 0.2) is 53.4 Å². The van der Waals surface area contributed by atoms with Gasteiger partial charge in [-0.15, -0.1) is 11.8 Å². The number of likely N-dealkylation sites (N-methyl/N-ethyl adjacent to an activating group) is 1. The minimum absolute atomic E-state index is 0.249. The maximum absolute atomic E-state index is 13.1. The number of nitrogens with one attached hydrogen (secondary N) is 1. The molecule has 2 rings (SSSR count). The molecule has 0 aliphatic rings. The van der Waals surface area contributed by atoms with Crippen LogP contribution in [-0.2, 0) is 15.8 Å². The molecule has 0 aromatic heterocycles. The summed E-state index contributed by atoms with van der Waals surface area (Å²) in [5.41, 5.74) is -1.27. The molecule has 0 saturated carbocycles. The zero-order chi connectivity index (χ0) is 21.6. The monoisotopic (exact) mass is 444 g/mol. The fourth-order valence-electron chi connectivity index (χ4n) is 2.57. The van der Waals surface area contributed by atoms with Crippen LogP contribution in [0, 0.1) is 0 Å². The summed E-state index contributed by atoms with van der Waals surface area (Å²) in [6.45, 7) is 3.32. The number of hydrogen-bond donors (Lipinski definition) is 1. The van der Waals surface area contributed by atoms with Crippen molar-refractivity contribution < 1.29 is 22.8 Å². The quantitative estimate of drug-likeness (QED) is 0.587. The maximum Gasteiger partial charge on any atom is 0.418 e. The summed E-state index contributed by atoms with van der Waals surface area (Å²) in [7, 11) is 0. The van der Waals surface area contributed by atoms with E-state index in [1.807, 2.05) is 0 Å². The van der Waals surface area contributed by atoms with E-state index in [1.54, 1.807) is 38.1 Å². The topological polar surface area (TPSA) is 49.4 Å². The number of anilines is 1. The van der Waals surface area contributed by atoms with Crippen LogP contribution < -0.4 is 5.32 Å². The first-order valence-electron chi connectivity index (χ1n) is 8.79. The SMILES string of the molecule is CCN(CC(=O)Nc1ccccc1C(F)(F)F)C(=O)C(C)Sc1ccc(Cl)cc1. The molecule has 1 unspecified atom stereocenters. The molecule has 2 aromatic rings. The standard InChI is InChI=1S/C20H20ClF3N2O2S/c1-3-26(19(28)13(2)29-15-10-8-14(21)9-11-15)12-18(27)25-17-7-5-4-6-16(17)20(22,23)24/h4-11,13H,3,12H2,1-2H3,(H,25,27). The average Bonchev–Trinajstić information content (AvgIpc) is 2.67. The number of benzene rings is 2. The van der Waals surface area contributed by atoms with Crippen molar-refractivity contribution in [3.63, 3.8) is 0 Å². The van der Waals surface area contributed by atoms with Crippen LogP contribution in [0.3, 0.4) is 0 Å². The van der Waals surface area contributed by atoms with Crippen molar-refractivity contribution in [3.05, 3.63) is 59.1 Å². The lowest BCUT2D eigenvalue weighted by Crippen LogP contribution is -2.41. The molecule has 2 amide bonds. The van der Waals surface area contributed by atoms with Crippen molar-refractivity contribution in [1.29, 1.82) is 0 Å². The summed E-state index contributed by atoms with van der Waals surface area (Å²) in [6.07, 6.45) is -4.59. The van der Waals surface area contributed by atoms with Crippen molar-refractivity contribution >= 4 is 40.9 Å². The lowest BCUT2D eigenvalue weighted by molar-refractivity contribution is -0.137. The smallest absolute Gasteiger partial charge is 0.333 e. The molecule has 0 aliphatic heterocycles. The van der Waals surface area contributed by atoms with Crippen LogP contribution in [0.5, 0.6) is 0 Å². The molecule has 0 fully saturated rings. The highest BCUT2D eigenvalue weighted by Gasteiger charge is 2.33. The molecule has 0 saturated heterocycles. The van der Waals surface area contributed by atoms with Gasteiger partial charge in [-0.2, -0.15) is 13.2 Å². The summed E-state index contributed by atoms with van der Waals surface area (Å²) in [5.74, 6) is -0.979. The van der Waals surface area contributed by atoms with Crippen LogP contribution in [0.2, 0.25) is 5.02 Å². The third-order valence-electron chi connectivity index (χ3n) is 4.01. The van der Waals surface area contributed by atoms with Crippen LogP contribution in [0.4, 0.5) is 18.9 Å². The number of nitrogens with zero attached hydrogens (tertiary/aromatic N) is 1. The average molecular weight is 445 g/mol. The predicted octanol–water partition coefficient (Wildman–Crippen LogP) is 5.33. The molecule has 9 heteroatoms. The molecule has 0 bridgehead atoms. The first-order valence-corrected chi connectivity index (χ1v) is 10.0. The van der Waals surface area contributed by atoms with Gasteiger partial charge in [-0.05, 0) is 50.2 Å². The molecule has 2 aromatic carbocycles. The van der Waals surface area contributed by atoms with Gasteiger partial charge in [0.05, 0.1) is 23.0 Å². The van der Waals surface area contributed by atoms with Crippen LogP contribution in [0.1, 0.15) is 19.4 Å². The molecule has 0 spiro atoms. The number of halogens is 4. The van der Waals surface area contributed by atoms with E-state index in [-0.39, 0.29) is 24.7 Å². The second-order valence-corrected chi connectivity index (χ2v) is 8.01. The van der Waals surface area contributed by atoms with Crippen molar-refractivity contribution in [2.45, 2.75) is 30.2 Å². The Bertz CT molecular complexity index is 860. The number of para-hydroxylation sites is 1. The van der Waals surface area contributed by atoms with Gasteiger partial charge < -0.3 is 10.2 Å². The Balaban J connectivity index is 2.02. The lowest BCUT2D eigenvalue weighted by Gasteiger charge is -2.24. The van der Waals surface area contributed by atoms with Gasteiger partial charge >= 0.3 is 6.18 Å². The molecule has 1 N–H and O–H groups in total. The third-order valence-corrected chi connectivity index (χ3v) is 5.36. The highest BCUT2D eigenvalue weighted by molar-refractivity contribution is 8.00. The number of carbonyl (C=O) groups is 2. The second kappa shape index (κ2) is 10.0. The number of amides is 2. The molecule has 0 heterocycles. The van der Waals surface area contributed by atoms with E-state index >= 15 is 0 Å². The van der Waals surface area contributed by atoms with Crippen molar-refractivity contribution in [2.24, 2.45) is 0 Å². The lowest BCUT2D eigenvalue weighted by atomic mass is 10.1.